The van der Waals surface area contributed by atoms with Crippen LogP contribution in [0, 0.1) is 0 Å². The van der Waals surface area contributed by atoms with Crippen LogP contribution in [0.3, 0.4) is 0 Å². The molecular formula is C31H22N6NaO8S+. The number of anilines is 3. The number of hydrogen-bond donors (Lipinski definition) is 5. The maximum Gasteiger partial charge on any atom is 1.00 e. The van der Waals surface area contributed by atoms with E-state index in [1.54, 1.807) is 24.3 Å². The summed E-state index contributed by atoms with van der Waals surface area (Å²) in [4.78, 5) is 47.5. The van der Waals surface area contributed by atoms with Crippen molar-refractivity contribution in [1.29, 1.82) is 0 Å². The molecule has 0 amide bonds. The van der Waals surface area contributed by atoms with Crippen LogP contribution >= 0.6 is 0 Å². The number of aliphatic carboxylic acids is 1. The number of hydrazone groups is 1. The molecule has 230 valence electrons. The largest absolute Gasteiger partial charge is 1.00 e. The van der Waals surface area contributed by atoms with Crippen LogP contribution in [0.5, 0.6) is 0 Å². The Morgan fingerprint density at radius 1 is 0.660 bits per heavy atom. The molecule has 1 aliphatic rings. The van der Waals surface area contributed by atoms with Crippen LogP contribution in [-0.4, -0.2) is 35.5 Å². The molecule has 0 atom stereocenters. The second-order valence-corrected chi connectivity index (χ2v) is 11.0. The summed E-state index contributed by atoms with van der Waals surface area (Å²) in [7, 11) is -4.37. The predicted molar refractivity (Wildman–Crippen MR) is 169 cm³/mol. The average Bonchev–Trinajstić information content (AvgIpc) is 3.04. The van der Waals surface area contributed by atoms with Crippen molar-refractivity contribution < 1.29 is 57.2 Å². The molecule has 16 heteroatoms. The third-order valence-corrected chi connectivity index (χ3v) is 7.31. The standard InChI is InChI=1S/C31H22N6O8S.Na/c38-27-15-11-23(17-25(27)31(41)42)35-32-20-5-1-18(2-6-20)19-3-7-21(8-4-19)33-36-26-14-16-28(39)29(30(26)40)37-34-22-9-12-24(13-10-22)46(43,44)45;/h1-17,32-34H,(H,41,42)(H,43,44,45);/q;+1/b35-23-,36-26-,37-29+;. The molecule has 14 nitrogen and oxygen atoms in total. The van der Waals surface area contributed by atoms with Crippen molar-refractivity contribution in [3.63, 3.8) is 0 Å². The van der Waals surface area contributed by atoms with Gasteiger partial charge in [0.25, 0.3) is 10.1 Å². The predicted octanol–water partition coefficient (Wildman–Crippen LogP) is -1.03. The molecule has 1 aliphatic carbocycles. The second-order valence-electron chi connectivity index (χ2n) is 9.57. The second kappa shape index (κ2) is 14.8. The van der Waals surface area contributed by atoms with Gasteiger partial charge in [-0.25, -0.2) is 4.79 Å². The summed E-state index contributed by atoms with van der Waals surface area (Å²) in [5.74, 6) is -1.92. The maximum absolute atomic E-state index is 12.8. The zero-order valence-corrected chi connectivity index (χ0v) is 27.2. The van der Waals surface area contributed by atoms with Gasteiger partial charge in [-0.05, 0) is 90.0 Å². The van der Waals surface area contributed by atoms with Gasteiger partial charge in [0.05, 0.1) is 27.7 Å². The van der Waals surface area contributed by atoms with Gasteiger partial charge in [-0.1, -0.05) is 24.3 Å². The number of carbonyl (C=O) groups is 2. The summed E-state index contributed by atoms with van der Waals surface area (Å²) >= 11 is 0. The number of benzene rings is 4. The number of carboxylic acids is 1. The first-order valence-corrected chi connectivity index (χ1v) is 14.7. The molecule has 0 unspecified atom stereocenters. The van der Waals surface area contributed by atoms with E-state index < -0.39 is 38.1 Å². The van der Waals surface area contributed by atoms with E-state index in [2.05, 4.69) is 31.6 Å². The van der Waals surface area contributed by atoms with Gasteiger partial charge in [0.2, 0.25) is 10.9 Å². The summed E-state index contributed by atoms with van der Waals surface area (Å²) in [6.45, 7) is 0. The molecule has 5 N–H and O–H groups in total. The number of carboxylic acid groups (broad SMARTS) is 1. The summed E-state index contributed by atoms with van der Waals surface area (Å²) in [5, 5.41) is 20.7. The molecule has 0 aromatic heterocycles. The zero-order chi connectivity index (χ0) is 32.8. The minimum atomic E-state index is -4.37. The van der Waals surface area contributed by atoms with Crippen molar-refractivity contribution in [2.24, 2.45) is 15.3 Å². The van der Waals surface area contributed by atoms with Gasteiger partial charge >= 0.3 is 35.5 Å². The molecule has 0 saturated heterocycles. The molecule has 5 rings (SSSR count). The van der Waals surface area contributed by atoms with Crippen LogP contribution in [0.15, 0.2) is 139 Å². The first-order chi connectivity index (χ1) is 22.0. The number of nitrogens with one attached hydrogen (secondary N) is 3. The van der Waals surface area contributed by atoms with Crippen molar-refractivity contribution in [3.05, 3.63) is 140 Å². The number of carbonyl (C=O) groups excluding carboxylic acids is 1. The molecule has 0 heterocycles. The quantitative estimate of drug-likeness (QED) is 0.0481. The number of ketones is 1. The van der Waals surface area contributed by atoms with Crippen molar-refractivity contribution in [3.8, 4) is 11.1 Å². The molecule has 47 heavy (non-hydrogen) atoms. The molecule has 0 aliphatic heterocycles. The Hall–Kier alpha value is -5.32. The molecule has 4 aromatic rings. The van der Waals surface area contributed by atoms with Crippen molar-refractivity contribution in [2.75, 3.05) is 16.3 Å². The molecule has 0 spiro atoms. The minimum absolute atomic E-state index is 0. The SMILES string of the molecule is O=C(O)C1=C/C(=N\Nc2ccc(-c3ccc(N/N=c4/ccc(=O)/c(=N\Nc5ccc(S(=O)(=O)O)cc5)c4=O)cc3)cc2)C=CC1=O.[Na+]. The summed E-state index contributed by atoms with van der Waals surface area (Å²) in [6.07, 6.45) is 3.75. The summed E-state index contributed by atoms with van der Waals surface area (Å²) in [5.41, 5.74) is 9.91. The van der Waals surface area contributed by atoms with Crippen LogP contribution in [0.2, 0.25) is 0 Å². The third kappa shape index (κ3) is 8.69. The fraction of sp³-hybridized carbons (Fsp3) is 0. The topological polar surface area (TPSA) is 216 Å². The minimum Gasteiger partial charge on any atom is -0.478 e. The van der Waals surface area contributed by atoms with Gasteiger partial charge in [-0.15, -0.1) is 0 Å². The Bertz CT molecular complexity index is 2280. The van der Waals surface area contributed by atoms with E-state index >= 15 is 0 Å². The Kier molecular flexibility index (Phi) is 10.9. The zero-order valence-electron chi connectivity index (χ0n) is 24.4. The van der Waals surface area contributed by atoms with Gasteiger partial charge in [0, 0.05) is 0 Å². The smallest absolute Gasteiger partial charge is 0.478 e. The maximum atomic E-state index is 12.8. The van der Waals surface area contributed by atoms with E-state index in [1.807, 2.05) is 24.3 Å². The molecule has 4 aromatic carbocycles. The Morgan fingerprint density at radius 2 is 1.17 bits per heavy atom. The third-order valence-electron chi connectivity index (χ3n) is 6.44. The van der Waals surface area contributed by atoms with Crippen molar-refractivity contribution >= 4 is 44.6 Å². The van der Waals surface area contributed by atoms with Crippen LogP contribution < -0.4 is 67.4 Å². The number of allylic oxidation sites excluding steroid dienone is 3. The Morgan fingerprint density at radius 3 is 1.70 bits per heavy atom. The fourth-order valence-corrected chi connectivity index (χ4v) is 4.52. The van der Waals surface area contributed by atoms with Crippen molar-refractivity contribution in [1.82, 2.24) is 0 Å². The number of nitrogens with zero attached hydrogens (tertiary/aromatic N) is 3. The van der Waals surface area contributed by atoms with Crippen LogP contribution in [0.25, 0.3) is 11.1 Å². The first kappa shape index (κ1) is 34.6. The van der Waals surface area contributed by atoms with E-state index in [1.165, 1.54) is 30.4 Å². The van der Waals surface area contributed by atoms with Gasteiger partial charge < -0.3 is 5.11 Å². The van der Waals surface area contributed by atoms with Gasteiger partial charge in [0.1, 0.15) is 10.9 Å². The van der Waals surface area contributed by atoms with Crippen LogP contribution in [0.4, 0.5) is 17.1 Å². The van der Waals surface area contributed by atoms with E-state index in [0.29, 0.717) is 11.4 Å². The van der Waals surface area contributed by atoms with Crippen molar-refractivity contribution in [2.45, 2.75) is 4.90 Å². The van der Waals surface area contributed by atoms with Gasteiger partial charge in [0.15, 0.2) is 11.1 Å². The van der Waals surface area contributed by atoms with Gasteiger partial charge in [-0.2, -0.15) is 23.7 Å². The molecule has 0 radical (unpaired) electrons. The number of hydrogen-bond acceptors (Lipinski definition) is 12. The monoisotopic (exact) mass is 661 g/mol. The first-order valence-electron chi connectivity index (χ1n) is 13.2. The number of rotatable bonds is 9. The average molecular weight is 662 g/mol. The van der Waals surface area contributed by atoms with Gasteiger partial charge in [-0.3, -0.25) is 35.2 Å². The van der Waals surface area contributed by atoms with E-state index in [-0.39, 0.29) is 56.8 Å². The van der Waals surface area contributed by atoms with E-state index in [9.17, 15) is 27.6 Å². The molecule has 0 fully saturated rings. The van der Waals surface area contributed by atoms with Crippen LogP contribution in [-0.2, 0) is 19.7 Å². The van der Waals surface area contributed by atoms with Crippen LogP contribution in [0.1, 0.15) is 0 Å². The molecular weight excluding hydrogens is 639 g/mol. The summed E-state index contributed by atoms with van der Waals surface area (Å²) < 4.78 is 31.4. The summed E-state index contributed by atoms with van der Waals surface area (Å²) in [6, 6.07) is 21.7. The Labute approximate surface area is 288 Å². The molecule has 0 bridgehead atoms. The molecule has 0 saturated carbocycles. The Balaban J connectivity index is 0.00000500. The fourth-order valence-electron chi connectivity index (χ4n) is 4.04. The normalized spacial score (nSPS) is 14.4. The van der Waals surface area contributed by atoms with E-state index in [4.69, 9.17) is 9.66 Å². The van der Waals surface area contributed by atoms with E-state index in [0.717, 1.165) is 35.4 Å².